The maximum absolute atomic E-state index is 10.6. The Morgan fingerprint density at radius 3 is 0.949 bits per heavy atom. The van der Waals surface area contributed by atoms with E-state index in [0.717, 1.165) is 166 Å². The van der Waals surface area contributed by atoms with Crippen molar-refractivity contribution in [2.45, 2.75) is 283 Å². The lowest BCUT2D eigenvalue weighted by Crippen LogP contribution is -2.52. The van der Waals surface area contributed by atoms with Gasteiger partial charge in [0.05, 0.1) is 16.8 Å². The Morgan fingerprint density at radius 2 is 0.646 bits per heavy atom. The number of ether oxygens (including phenoxy) is 3. The molecule has 456 valence electrons. The molecular formula is C72H126O7. The molecule has 1 aliphatic heterocycles. The largest absolute Gasteiger partial charge is 0.396 e. The van der Waals surface area contributed by atoms with E-state index in [9.17, 15) is 20.4 Å². The molecule has 0 bridgehead atoms. The van der Waals surface area contributed by atoms with Crippen LogP contribution in [0.3, 0.4) is 0 Å². The van der Waals surface area contributed by atoms with Crippen molar-refractivity contribution < 1.29 is 34.6 Å². The van der Waals surface area contributed by atoms with Crippen LogP contribution in [-0.4, -0.2) is 84.5 Å². The molecule has 12 aliphatic carbocycles. The summed E-state index contributed by atoms with van der Waals surface area (Å²) in [4.78, 5) is 0. The van der Waals surface area contributed by atoms with Gasteiger partial charge in [0.1, 0.15) is 0 Å². The monoisotopic (exact) mass is 1100 g/mol. The zero-order chi connectivity index (χ0) is 55.8. The number of methoxy groups -OCH3 is 2. The summed E-state index contributed by atoms with van der Waals surface area (Å²) in [5.74, 6) is 15.5. The maximum atomic E-state index is 10.6. The Kier molecular flexibility index (Phi) is 20.3. The molecule has 24 atom stereocenters. The summed E-state index contributed by atoms with van der Waals surface area (Å²) in [7, 11) is 3.79. The summed E-state index contributed by atoms with van der Waals surface area (Å²) in [6, 6.07) is 0. The molecule has 4 N–H and O–H groups in total. The van der Waals surface area contributed by atoms with Gasteiger partial charge in [-0.1, -0.05) is 59.3 Å². The second kappa shape index (κ2) is 26.0. The Morgan fingerprint density at radius 1 is 0.342 bits per heavy atom. The fraction of sp³-hybridized carbons (Fsp3) is 1.00. The zero-order valence-electron chi connectivity index (χ0n) is 52.7. The first-order valence-corrected chi connectivity index (χ1v) is 35.2. The van der Waals surface area contributed by atoms with Crippen molar-refractivity contribution in [2.24, 2.45) is 123 Å². The van der Waals surface area contributed by atoms with Gasteiger partial charge >= 0.3 is 0 Å². The molecule has 1 heterocycles. The highest BCUT2D eigenvalue weighted by atomic mass is 16.5. The first-order valence-electron chi connectivity index (χ1n) is 35.2. The number of hydrogen-bond donors (Lipinski definition) is 4. The van der Waals surface area contributed by atoms with E-state index >= 15 is 0 Å². The molecule has 13 fully saturated rings. The Balaban J connectivity index is 0.000000128. The maximum Gasteiger partial charge on any atom is 0.0622 e. The SMILES string of the molecule is C1CCOC1.COC[C@@H]1CCCC[C@H]2[C@@H]3CC[C@@H]4C[C@](C)(O)CC[C@@H]4[C@H]3CC[C@]12C.COC[C@H]1CCCC[C@H]2[C@@H]3CC[C@@H]4C[C@](C)(O)CC[C@@H]4[C@H]3CC[C@]12C.C[C@@]1(O)CC[C@H]2[C@H](CC[C@@H]3[C@@H]2CC[C@]2(C)C(CO)CCCC[C@@H]32)C1. The van der Waals surface area contributed by atoms with Crippen LogP contribution in [0.5, 0.6) is 0 Å². The molecule has 0 spiro atoms. The van der Waals surface area contributed by atoms with E-state index in [4.69, 9.17) is 14.2 Å². The highest BCUT2D eigenvalue weighted by molar-refractivity contribution is 5.08. The minimum atomic E-state index is -0.401. The zero-order valence-corrected chi connectivity index (χ0v) is 52.7. The topological polar surface area (TPSA) is 109 Å². The number of aliphatic hydroxyl groups is 4. The van der Waals surface area contributed by atoms with Crippen molar-refractivity contribution in [3.05, 3.63) is 0 Å². The second-order valence-electron chi connectivity index (χ2n) is 33.0. The molecule has 13 aliphatic rings. The van der Waals surface area contributed by atoms with Gasteiger partial charge in [0, 0.05) is 47.3 Å². The number of hydrogen-bond acceptors (Lipinski definition) is 7. The van der Waals surface area contributed by atoms with Crippen LogP contribution >= 0.6 is 0 Å². The molecule has 12 saturated carbocycles. The summed E-state index contributed by atoms with van der Waals surface area (Å²) in [5, 5.41) is 41.7. The Hall–Kier alpha value is -0.280. The number of rotatable bonds is 5. The molecule has 0 radical (unpaired) electrons. The van der Waals surface area contributed by atoms with Crippen molar-refractivity contribution >= 4 is 0 Å². The van der Waals surface area contributed by atoms with Crippen LogP contribution in [0.25, 0.3) is 0 Å². The van der Waals surface area contributed by atoms with E-state index in [1.165, 1.54) is 186 Å². The normalized spacial score (nSPS) is 51.9. The number of fused-ring (bicyclic) bond motifs is 15. The summed E-state index contributed by atoms with van der Waals surface area (Å²) >= 11 is 0. The van der Waals surface area contributed by atoms with Gasteiger partial charge in [-0.3, -0.25) is 0 Å². The number of aliphatic hydroxyl groups excluding tert-OH is 1. The van der Waals surface area contributed by atoms with Gasteiger partial charge in [-0.05, 0) is 330 Å². The molecular weight excluding hydrogens is 977 g/mol. The molecule has 79 heavy (non-hydrogen) atoms. The third-order valence-electron chi connectivity index (χ3n) is 28.6. The lowest BCUT2D eigenvalue weighted by molar-refractivity contribution is -0.118. The van der Waals surface area contributed by atoms with Crippen molar-refractivity contribution in [2.75, 3.05) is 47.3 Å². The molecule has 0 aromatic rings. The molecule has 0 aromatic carbocycles. The Bertz CT molecular complexity index is 1800. The van der Waals surface area contributed by atoms with Crippen LogP contribution < -0.4 is 0 Å². The fourth-order valence-electron chi connectivity index (χ4n) is 24.5. The third kappa shape index (κ3) is 13.2. The van der Waals surface area contributed by atoms with Crippen LogP contribution in [0.4, 0.5) is 0 Å². The van der Waals surface area contributed by atoms with Crippen LogP contribution in [0, 0.1) is 123 Å². The minimum Gasteiger partial charge on any atom is -0.396 e. The van der Waals surface area contributed by atoms with E-state index in [2.05, 4.69) is 41.5 Å². The average molecular weight is 1100 g/mol. The lowest BCUT2D eigenvalue weighted by Gasteiger charge is -2.59. The van der Waals surface area contributed by atoms with Gasteiger partial charge in [-0.15, -0.1) is 0 Å². The highest BCUT2D eigenvalue weighted by Crippen LogP contribution is 2.66. The molecule has 1 saturated heterocycles. The predicted molar refractivity (Wildman–Crippen MR) is 322 cm³/mol. The van der Waals surface area contributed by atoms with Crippen molar-refractivity contribution in [1.82, 2.24) is 0 Å². The molecule has 0 amide bonds. The van der Waals surface area contributed by atoms with Gasteiger partial charge in [0.2, 0.25) is 0 Å². The van der Waals surface area contributed by atoms with Gasteiger partial charge < -0.3 is 34.6 Å². The van der Waals surface area contributed by atoms with Gasteiger partial charge in [0.25, 0.3) is 0 Å². The molecule has 1 unspecified atom stereocenters. The molecule has 7 nitrogen and oxygen atoms in total. The van der Waals surface area contributed by atoms with Gasteiger partial charge in [0.15, 0.2) is 0 Å². The smallest absolute Gasteiger partial charge is 0.0622 e. The van der Waals surface area contributed by atoms with E-state index in [-0.39, 0.29) is 11.2 Å². The van der Waals surface area contributed by atoms with Gasteiger partial charge in [-0.2, -0.15) is 0 Å². The van der Waals surface area contributed by atoms with Gasteiger partial charge in [-0.25, -0.2) is 0 Å². The standard InChI is InChI=1S/2C23H40O2.C22H38O2.C4H8O/c2*1-22(24)12-10-18-16(14-22)8-9-20-19(18)11-13-23(2)17(15-25-3)6-4-5-7-21(20)23;1-21(24)11-9-17-15(13-21)7-8-19-18(17)10-12-22(2)16(14-23)5-3-4-6-20(19)22;1-2-4-5-3-1/h2*16-21,24H,4-15H2,1-3H3;15-20,23-24H,3-14H2,1-2H3;1-4H2/t16-,17+,18+,19-,20-,21+,22-,23-;16-,17-,18+,19-,20-,21+,22-,23-;15-,16?,17+,18-,19-,20+,21-,22-;/m111./s1. The molecule has 7 heteroatoms. The third-order valence-corrected chi connectivity index (χ3v) is 28.6. The van der Waals surface area contributed by atoms with Crippen LogP contribution in [0.2, 0.25) is 0 Å². The summed E-state index contributed by atoms with van der Waals surface area (Å²) in [6.45, 7) is 18.3. The predicted octanol–water partition coefficient (Wildman–Crippen LogP) is 16.4. The quantitative estimate of drug-likeness (QED) is 0.217. The summed E-state index contributed by atoms with van der Waals surface area (Å²) in [6.07, 6.45) is 46.2. The molecule has 13 rings (SSSR count). The Labute approximate surface area is 485 Å². The van der Waals surface area contributed by atoms with E-state index in [0.29, 0.717) is 28.8 Å². The van der Waals surface area contributed by atoms with E-state index < -0.39 is 5.60 Å². The average Bonchev–Trinajstić information content (AvgIpc) is 4.11. The summed E-state index contributed by atoms with van der Waals surface area (Å²) < 4.78 is 16.3. The van der Waals surface area contributed by atoms with Crippen LogP contribution in [-0.2, 0) is 14.2 Å². The first-order chi connectivity index (χ1) is 37.8. The highest BCUT2D eigenvalue weighted by Gasteiger charge is 2.59. The van der Waals surface area contributed by atoms with Crippen molar-refractivity contribution in [1.29, 1.82) is 0 Å². The van der Waals surface area contributed by atoms with E-state index in [1.54, 1.807) is 0 Å². The van der Waals surface area contributed by atoms with Crippen molar-refractivity contribution in [3.8, 4) is 0 Å². The fourth-order valence-corrected chi connectivity index (χ4v) is 24.5. The first kappa shape index (κ1) is 61.8. The summed E-state index contributed by atoms with van der Waals surface area (Å²) in [5.41, 5.74) is 0.244. The van der Waals surface area contributed by atoms with E-state index in [1.807, 2.05) is 14.2 Å². The second-order valence-corrected chi connectivity index (χ2v) is 33.0. The van der Waals surface area contributed by atoms with Crippen LogP contribution in [0.15, 0.2) is 0 Å². The lowest BCUT2D eigenvalue weighted by atomic mass is 9.47. The van der Waals surface area contributed by atoms with Crippen molar-refractivity contribution in [3.63, 3.8) is 0 Å². The van der Waals surface area contributed by atoms with Crippen LogP contribution in [0.1, 0.15) is 266 Å². The molecule has 0 aromatic heterocycles. The minimum absolute atomic E-state index is 0.386.